The number of methoxy groups -OCH3 is 1. The Bertz CT molecular complexity index is 648. The molecule has 1 aliphatic rings. The average Bonchev–Trinajstić information content (AvgIpc) is 2.53. The molecule has 0 saturated heterocycles. The smallest absolute Gasteiger partial charge is 0.126 e. The van der Waals surface area contributed by atoms with Crippen LogP contribution in [0.5, 0.6) is 5.75 Å². The summed E-state index contributed by atoms with van der Waals surface area (Å²) in [6, 6.07) is 13.7. The summed E-state index contributed by atoms with van der Waals surface area (Å²) in [5.74, 6) is 0.942. The van der Waals surface area contributed by atoms with Gasteiger partial charge in [-0.25, -0.2) is 0 Å². The van der Waals surface area contributed by atoms with Crippen molar-refractivity contribution in [2.24, 2.45) is 0 Å². The van der Waals surface area contributed by atoms with Crippen LogP contribution in [-0.4, -0.2) is 14.2 Å². The first-order chi connectivity index (χ1) is 10.2. The maximum atomic E-state index is 5.54. The molecule has 2 heteroatoms. The van der Waals surface area contributed by atoms with Gasteiger partial charge in [0.25, 0.3) is 0 Å². The van der Waals surface area contributed by atoms with Crippen LogP contribution in [0.25, 0.3) is 11.1 Å². The van der Waals surface area contributed by atoms with Crippen molar-refractivity contribution < 1.29 is 4.74 Å². The van der Waals surface area contributed by atoms with Crippen LogP contribution in [-0.2, 0) is 6.42 Å². The number of rotatable bonds is 3. The number of benzene rings is 2. The van der Waals surface area contributed by atoms with E-state index in [-0.39, 0.29) is 0 Å². The fraction of sp³-hybridized carbons (Fsp3) is 0.368. The van der Waals surface area contributed by atoms with Crippen molar-refractivity contribution in [1.29, 1.82) is 0 Å². The van der Waals surface area contributed by atoms with Gasteiger partial charge in [0.2, 0.25) is 0 Å². The monoisotopic (exact) mass is 281 g/mol. The molecule has 2 nitrogen and oxygen atoms in total. The van der Waals surface area contributed by atoms with Gasteiger partial charge in [-0.3, -0.25) is 0 Å². The third-order valence-electron chi connectivity index (χ3n) is 4.47. The van der Waals surface area contributed by atoms with Gasteiger partial charge in [-0.05, 0) is 68.1 Å². The third kappa shape index (κ3) is 2.68. The standard InChI is InChI=1S/C19H23NO/c1-13-7-10-19(21-3)17(11-13)15-9-8-14-5-4-6-18(20-2)16(14)12-15/h7-12,18,20H,4-6H2,1-3H3. The number of hydrogen-bond acceptors (Lipinski definition) is 2. The topological polar surface area (TPSA) is 21.3 Å². The fourth-order valence-corrected chi connectivity index (χ4v) is 3.31. The first kappa shape index (κ1) is 14.2. The van der Waals surface area contributed by atoms with E-state index in [1.165, 1.54) is 47.1 Å². The summed E-state index contributed by atoms with van der Waals surface area (Å²) in [5, 5.41) is 3.45. The number of fused-ring (bicyclic) bond motifs is 1. The predicted molar refractivity (Wildman–Crippen MR) is 87.9 cm³/mol. The van der Waals surface area contributed by atoms with E-state index in [9.17, 15) is 0 Å². The van der Waals surface area contributed by atoms with Gasteiger partial charge in [0.05, 0.1) is 7.11 Å². The summed E-state index contributed by atoms with van der Waals surface area (Å²) in [5.41, 5.74) is 6.62. The Morgan fingerprint density at radius 1 is 1.14 bits per heavy atom. The average molecular weight is 281 g/mol. The van der Waals surface area contributed by atoms with Gasteiger partial charge < -0.3 is 10.1 Å². The highest BCUT2D eigenvalue weighted by molar-refractivity contribution is 5.72. The van der Waals surface area contributed by atoms with Gasteiger partial charge in [0.15, 0.2) is 0 Å². The predicted octanol–water partition coefficient (Wildman–Crippen LogP) is 4.27. The molecule has 2 aromatic carbocycles. The van der Waals surface area contributed by atoms with Crippen molar-refractivity contribution in [3.63, 3.8) is 0 Å². The van der Waals surface area contributed by atoms with Crippen molar-refractivity contribution >= 4 is 0 Å². The molecule has 0 amide bonds. The molecular weight excluding hydrogens is 258 g/mol. The molecule has 1 atom stereocenters. The van der Waals surface area contributed by atoms with E-state index in [1.807, 2.05) is 0 Å². The molecular formula is C19H23NO. The summed E-state index contributed by atoms with van der Waals surface area (Å²) in [7, 11) is 3.79. The Morgan fingerprint density at radius 2 is 2.00 bits per heavy atom. The minimum atomic E-state index is 0.476. The van der Waals surface area contributed by atoms with Gasteiger partial charge in [-0.1, -0.05) is 23.8 Å². The normalized spacial score (nSPS) is 17.4. The summed E-state index contributed by atoms with van der Waals surface area (Å²) >= 11 is 0. The highest BCUT2D eigenvalue weighted by Crippen LogP contribution is 2.36. The van der Waals surface area contributed by atoms with Crippen molar-refractivity contribution in [2.45, 2.75) is 32.2 Å². The maximum absolute atomic E-state index is 5.54. The summed E-state index contributed by atoms with van der Waals surface area (Å²) in [6.45, 7) is 2.12. The Labute approximate surface area is 127 Å². The second kappa shape index (κ2) is 5.90. The largest absolute Gasteiger partial charge is 0.496 e. The van der Waals surface area contributed by atoms with Crippen LogP contribution in [0, 0.1) is 6.92 Å². The fourth-order valence-electron chi connectivity index (χ4n) is 3.31. The Morgan fingerprint density at radius 3 is 2.76 bits per heavy atom. The zero-order valence-electron chi connectivity index (χ0n) is 13.1. The van der Waals surface area contributed by atoms with Gasteiger partial charge in [0, 0.05) is 11.6 Å². The second-order valence-corrected chi connectivity index (χ2v) is 5.85. The third-order valence-corrected chi connectivity index (χ3v) is 4.47. The Kier molecular flexibility index (Phi) is 3.98. The molecule has 0 saturated carbocycles. The SMILES string of the molecule is CNC1CCCc2ccc(-c3cc(C)ccc3OC)cc21. The van der Waals surface area contributed by atoms with Gasteiger partial charge in [0.1, 0.15) is 5.75 Å². The molecule has 0 aliphatic heterocycles. The lowest BCUT2D eigenvalue weighted by Crippen LogP contribution is -2.21. The Balaban J connectivity index is 2.10. The first-order valence-corrected chi connectivity index (χ1v) is 7.68. The van der Waals surface area contributed by atoms with Crippen LogP contribution >= 0.6 is 0 Å². The minimum Gasteiger partial charge on any atom is -0.496 e. The lowest BCUT2D eigenvalue weighted by Gasteiger charge is -2.26. The molecule has 0 heterocycles. The molecule has 0 aromatic heterocycles. The highest BCUT2D eigenvalue weighted by Gasteiger charge is 2.19. The van der Waals surface area contributed by atoms with E-state index in [0.29, 0.717) is 6.04 Å². The number of ether oxygens (including phenoxy) is 1. The highest BCUT2D eigenvalue weighted by atomic mass is 16.5. The van der Waals surface area contributed by atoms with Gasteiger partial charge in [-0.2, -0.15) is 0 Å². The van der Waals surface area contributed by atoms with E-state index in [4.69, 9.17) is 4.74 Å². The molecule has 0 fully saturated rings. The molecule has 0 bridgehead atoms. The summed E-state index contributed by atoms with van der Waals surface area (Å²) in [4.78, 5) is 0. The maximum Gasteiger partial charge on any atom is 0.126 e. The molecule has 1 N–H and O–H groups in total. The van der Waals surface area contributed by atoms with E-state index in [0.717, 1.165) is 5.75 Å². The van der Waals surface area contributed by atoms with Gasteiger partial charge >= 0.3 is 0 Å². The molecule has 1 unspecified atom stereocenters. The van der Waals surface area contributed by atoms with Crippen molar-refractivity contribution in [3.05, 3.63) is 53.1 Å². The zero-order chi connectivity index (χ0) is 14.8. The van der Waals surface area contributed by atoms with Crippen LogP contribution in [0.2, 0.25) is 0 Å². The van der Waals surface area contributed by atoms with Gasteiger partial charge in [-0.15, -0.1) is 0 Å². The van der Waals surface area contributed by atoms with Crippen molar-refractivity contribution in [2.75, 3.05) is 14.2 Å². The molecule has 0 spiro atoms. The van der Waals surface area contributed by atoms with Crippen molar-refractivity contribution in [3.8, 4) is 16.9 Å². The van der Waals surface area contributed by atoms with Crippen LogP contribution in [0.4, 0.5) is 0 Å². The molecule has 1 aliphatic carbocycles. The Hall–Kier alpha value is -1.80. The molecule has 3 rings (SSSR count). The van der Waals surface area contributed by atoms with E-state index in [2.05, 4.69) is 55.7 Å². The second-order valence-electron chi connectivity index (χ2n) is 5.85. The van der Waals surface area contributed by atoms with E-state index < -0.39 is 0 Å². The molecule has 110 valence electrons. The number of aryl methyl sites for hydroxylation is 2. The van der Waals surface area contributed by atoms with E-state index in [1.54, 1.807) is 7.11 Å². The van der Waals surface area contributed by atoms with Crippen LogP contribution in [0.15, 0.2) is 36.4 Å². The van der Waals surface area contributed by atoms with Crippen LogP contribution in [0.3, 0.4) is 0 Å². The summed E-state index contributed by atoms with van der Waals surface area (Å²) in [6.07, 6.45) is 3.68. The first-order valence-electron chi connectivity index (χ1n) is 7.68. The van der Waals surface area contributed by atoms with Crippen molar-refractivity contribution in [1.82, 2.24) is 5.32 Å². The van der Waals surface area contributed by atoms with E-state index >= 15 is 0 Å². The zero-order valence-corrected chi connectivity index (χ0v) is 13.1. The number of nitrogens with one attached hydrogen (secondary N) is 1. The quantitative estimate of drug-likeness (QED) is 0.907. The minimum absolute atomic E-state index is 0.476. The lowest BCUT2D eigenvalue weighted by molar-refractivity contribution is 0.416. The number of hydrogen-bond donors (Lipinski definition) is 1. The lowest BCUT2D eigenvalue weighted by atomic mass is 9.85. The molecule has 21 heavy (non-hydrogen) atoms. The van der Waals surface area contributed by atoms with Crippen LogP contribution in [0.1, 0.15) is 35.6 Å². The summed E-state index contributed by atoms with van der Waals surface area (Å²) < 4.78 is 5.54. The molecule has 2 aromatic rings. The van der Waals surface area contributed by atoms with Crippen LogP contribution < -0.4 is 10.1 Å². The molecule has 0 radical (unpaired) electrons.